The highest BCUT2D eigenvalue weighted by Gasteiger charge is 2.07. The summed E-state index contributed by atoms with van der Waals surface area (Å²) < 4.78 is 0. The number of rotatable bonds is 5. The minimum Gasteiger partial charge on any atom is -0.347 e. The third kappa shape index (κ3) is 4.03. The summed E-state index contributed by atoms with van der Waals surface area (Å²) in [4.78, 5) is 21.7. The minimum atomic E-state index is -0.432. The molecule has 0 unspecified atom stereocenters. The van der Waals surface area contributed by atoms with E-state index in [-0.39, 0.29) is 5.91 Å². The van der Waals surface area contributed by atoms with Gasteiger partial charge < -0.3 is 10.1 Å². The average molecular weight is 240 g/mol. The second kappa shape index (κ2) is 6.28. The molecule has 0 aromatic heterocycles. The zero-order valence-corrected chi connectivity index (χ0v) is 9.83. The van der Waals surface area contributed by atoms with Crippen LogP contribution in [-0.4, -0.2) is 18.2 Å². The summed E-state index contributed by atoms with van der Waals surface area (Å²) in [5, 5.41) is 3.23. The van der Waals surface area contributed by atoms with E-state index in [9.17, 15) is 9.59 Å². The van der Waals surface area contributed by atoms with Gasteiger partial charge in [-0.1, -0.05) is 29.8 Å². The van der Waals surface area contributed by atoms with E-state index in [2.05, 4.69) is 5.32 Å². The number of carbonyl (C=O) groups excluding carboxylic acids is 2. The first-order valence-electron chi connectivity index (χ1n) is 5.11. The molecule has 4 heteroatoms. The molecule has 86 valence electrons. The normalized spacial score (nSPS) is 11.9. The van der Waals surface area contributed by atoms with Crippen LogP contribution in [-0.2, 0) is 16.0 Å². The van der Waals surface area contributed by atoms with Crippen molar-refractivity contribution in [2.45, 2.75) is 25.8 Å². The van der Waals surface area contributed by atoms with Gasteiger partial charge in [-0.15, -0.1) is 0 Å². The van der Waals surface area contributed by atoms with Gasteiger partial charge in [-0.05, 0) is 25.0 Å². The van der Waals surface area contributed by atoms with Crippen molar-refractivity contribution in [3.63, 3.8) is 0 Å². The van der Waals surface area contributed by atoms with Gasteiger partial charge in [0, 0.05) is 11.4 Å². The molecule has 0 spiro atoms. The van der Waals surface area contributed by atoms with E-state index in [1.54, 1.807) is 13.0 Å². The Morgan fingerprint density at radius 2 is 2.19 bits per heavy atom. The van der Waals surface area contributed by atoms with Crippen molar-refractivity contribution in [3.8, 4) is 0 Å². The summed E-state index contributed by atoms with van der Waals surface area (Å²) in [6, 6.07) is 6.98. The van der Waals surface area contributed by atoms with Crippen LogP contribution in [0, 0.1) is 0 Å². The molecule has 0 bridgehead atoms. The maximum Gasteiger partial charge on any atom is 0.220 e. The predicted octanol–water partition coefficient (Wildman–Crippen LogP) is 1.98. The molecule has 0 saturated heterocycles. The lowest BCUT2D eigenvalue weighted by Gasteiger charge is -2.07. The summed E-state index contributed by atoms with van der Waals surface area (Å²) >= 11 is 5.95. The van der Waals surface area contributed by atoms with E-state index in [1.165, 1.54) is 0 Å². The smallest absolute Gasteiger partial charge is 0.220 e. The quantitative estimate of drug-likeness (QED) is 0.799. The third-order valence-electron chi connectivity index (χ3n) is 2.17. The highest BCUT2D eigenvalue weighted by Crippen LogP contribution is 2.16. The number of aldehydes is 1. The van der Waals surface area contributed by atoms with Crippen molar-refractivity contribution in [3.05, 3.63) is 34.9 Å². The predicted molar refractivity (Wildman–Crippen MR) is 63.4 cm³/mol. The largest absolute Gasteiger partial charge is 0.347 e. The first kappa shape index (κ1) is 12.7. The van der Waals surface area contributed by atoms with Gasteiger partial charge in [0.25, 0.3) is 0 Å². The molecular weight excluding hydrogens is 226 g/mol. The van der Waals surface area contributed by atoms with Crippen LogP contribution in [0.15, 0.2) is 24.3 Å². The fraction of sp³-hybridized carbons (Fsp3) is 0.333. The fourth-order valence-corrected chi connectivity index (χ4v) is 1.54. The maximum atomic E-state index is 11.4. The number of amides is 1. The Morgan fingerprint density at radius 3 is 2.81 bits per heavy atom. The lowest BCUT2D eigenvalue weighted by Crippen LogP contribution is -2.33. The first-order chi connectivity index (χ1) is 7.63. The molecule has 0 fully saturated rings. The van der Waals surface area contributed by atoms with Crippen molar-refractivity contribution >= 4 is 23.8 Å². The SMILES string of the molecule is C[C@@H](C=O)NC(=O)CCc1ccccc1Cl. The van der Waals surface area contributed by atoms with Crippen LogP contribution in [0.4, 0.5) is 0 Å². The standard InChI is InChI=1S/C12H14ClNO2/c1-9(8-15)14-12(16)7-6-10-4-2-3-5-11(10)13/h2-5,8-9H,6-7H2,1H3,(H,14,16)/t9-/m0/s1. The lowest BCUT2D eigenvalue weighted by atomic mass is 10.1. The van der Waals surface area contributed by atoms with Gasteiger partial charge in [0.15, 0.2) is 0 Å². The maximum absolute atomic E-state index is 11.4. The molecule has 1 amide bonds. The van der Waals surface area contributed by atoms with Crippen LogP contribution < -0.4 is 5.32 Å². The molecular formula is C12H14ClNO2. The summed E-state index contributed by atoms with van der Waals surface area (Å²) in [5.74, 6) is -0.139. The molecule has 1 rings (SSSR count). The summed E-state index contributed by atoms with van der Waals surface area (Å²) in [6.45, 7) is 1.64. The zero-order chi connectivity index (χ0) is 12.0. The van der Waals surface area contributed by atoms with Crippen LogP contribution in [0.25, 0.3) is 0 Å². The van der Waals surface area contributed by atoms with Crippen LogP contribution in [0.2, 0.25) is 5.02 Å². The fourth-order valence-electron chi connectivity index (χ4n) is 1.31. The van der Waals surface area contributed by atoms with E-state index in [1.807, 2.05) is 18.2 Å². The number of hydrogen-bond acceptors (Lipinski definition) is 2. The van der Waals surface area contributed by atoms with Crippen molar-refractivity contribution in [2.75, 3.05) is 0 Å². The van der Waals surface area contributed by atoms with E-state index >= 15 is 0 Å². The van der Waals surface area contributed by atoms with Crippen molar-refractivity contribution < 1.29 is 9.59 Å². The topological polar surface area (TPSA) is 46.2 Å². The van der Waals surface area contributed by atoms with Crippen LogP contribution in [0.5, 0.6) is 0 Å². The van der Waals surface area contributed by atoms with Crippen LogP contribution in [0.3, 0.4) is 0 Å². The number of nitrogens with one attached hydrogen (secondary N) is 1. The first-order valence-corrected chi connectivity index (χ1v) is 5.49. The Kier molecular flexibility index (Phi) is 4.99. The summed E-state index contributed by atoms with van der Waals surface area (Å²) in [7, 11) is 0. The molecule has 1 aromatic carbocycles. The van der Waals surface area contributed by atoms with Gasteiger partial charge in [0.05, 0.1) is 6.04 Å². The Hall–Kier alpha value is -1.35. The molecule has 0 saturated carbocycles. The molecule has 3 nitrogen and oxygen atoms in total. The Bertz CT molecular complexity index is 379. The molecule has 1 aromatic rings. The zero-order valence-electron chi connectivity index (χ0n) is 9.07. The second-order valence-electron chi connectivity index (χ2n) is 3.58. The van der Waals surface area contributed by atoms with E-state index in [0.717, 1.165) is 5.56 Å². The number of hydrogen-bond donors (Lipinski definition) is 1. The van der Waals surface area contributed by atoms with Gasteiger partial charge in [0.2, 0.25) is 5.91 Å². The van der Waals surface area contributed by atoms with Crippen LogP contribution >= 0.6 is 11.6 Å². The molecule has 0 heterocycles. The molecule has 0 radical (unpaired) electrons. The highest BCUT2D eigenvalue weighted by atomic mass is 35.5. The number of carbonyl (C=O) groups is 2. The van der Waals surface area contributed by atoms with E-state index in [0.29, 0.717) is 24.2 Å². The van der Waals surface area contributed by atoms with Crippen molar-refractivity contribution in [1.82, 2.24) is 5.32 Å². The number of aryl methyl sites for hydroxylation is 1. The van der Waals surface area contributed by atoms with Gasteiger partial charge in [-0.2, -0.15) is 0 Å². The summed E-state index contributed by atoms with van der Waals surface area (Å²) in [5.41, 5.74) is 0.943. The van der Waals surface area contributed by atoms with Gasteiger partial charge in [-0.25, -0.2) is 0 Å². The third-order valence-corrected chi connectivity index (χ3v) is 2.54. The minimum absolute atomic E-state index is 0.139. The Morgan fingerprint density at radius 1 is 1.50 bits per heavy atom. The van der Waals surface area contributed by atoms with Crippen molar-refractivity contribution in [1.29, 1.82) is 0 Å². The Balaban J connectivity index is 2.43. The van der Waals surface area contributed by atoms with E-state index < -0.39 is 6.04 Å². The molecule has 1 N–H and O–H groups in total. The second-order valence-corrected chi connectivity index (χ2v) is 3.99. The summed E-state index contributed by atoms with van der Waals surface area (Å²) in [6.07, 6.45) is 1.62. The average Bonchev–Trinajstić information content (AvgIpc) is 2.28. The van der Waals surface area contributed by atoms with E-state index in [4.69, 9.17) is 11.6 Å². The number of benzene rings is 1. The number of halogens is 1. The molecule has 1 atom stereocenters. The Labute approximate surface area is 99.8 Å². The van der Waals surface area contributed by atoms with Gasteiger partial charge in [-0.3, -0.25) is 4.79 Å². The van der Waals surface area contributed by atoms with Crippen LogP contribution in [0.1, 0.15) is 18.9 Å². The van der Waals surface area contributed by atoms with Gasteiger partial charge in [0.1, 0.15) is 6.29 Å². The lowest BCUT2D eigenvalue weighted by molar-refractivity contribution is -0.123. The van der Waals surface area contributed by atoms with Crippen molar-refractivity contribution in [2.24, 2.45) is 0 Å². The molecule has 0 aliphatic carbocycles. The monoisotopic (exact) mass is 239 g/mol. The molecule has 0 aliphatic heterocycles. The van der Waals surface area contributed by atoms with Gasteiger partial charge >= 0.3 is 0 Å². The molecule has 0 aliphatic rings. The molecule has 16 heavy (non-hydrogen) atoms. The highest BCUT2D eigenvalue weighted by molar-refractivity contribution is 6.31.